The number of thioether (sulfide) groups is 1. The van der Waals surface area contributed by atoms with Crippen LogP contribution in [0.4, 0.5) is 16.2 Å². The van der Waals surface area contributed by atoms with E-state index >= 15 is 0 Å². The van der Waals surface area contributed by atoms with Gasteiger partial charge in [0.1, 0.15) is 5.25 Å². The summed E-state index contributed by atoms with van der Waals surface area (Å²) in [5, 5.41) is 2.18. The lowest BCUT2D eigenvalue weighted by atomic mass is 10.2. The molecule has 122 valence electrons. The molecule has 1 N–H and O–H groups in total. The molecule has 0 bridgehead atoms. The van der Waals surface area contributed by atoms with Crippen molar-refractivity contribution in [1.82, 2.24) is 0 Å². The van der Waals surface area contributed by atoms with Crippen LogP contribution in [0.15, 0.2) is 54.6 Å². The predicted molar refractivity (Wildman–Crippen MR) is 95.4 cm³/mol. The monoisotopic (exact) mass is 360 g/mol. The molecule has 1 aliphatic heterocycles. The van der Waals surface area contributed by atoms with Gasteiger partial charge < -0.3 is 5.32 Å². The fraction of sp³-hybridized carbons (Fsp3) is 0.118. The van der Waals surface area contributed by atoms with E-state index in [1.54, 1.807) is 54.6 Å². The van der Waals surface area contributed by atoms with Gasteiger partial charge in [0.15, 0.2) is 0 Å². The van der Waals surface area contributed by atoms with Crippen molar-refractivity contribution >= 4 is 51.8 Å². The normalized spacial score (nSPS) is 17.2. The number of carbonyl (C=O) groups excluding carboxylic acids is 3. The first-order valence-corrected chi connectivity index (χ1v) is 8.45. The average molecular weight is 361 g/mol. The molecule has 0 unspecified atom stereocenters. The van der Waals surface area contributed by atoms with E-state index in [9.17, 15) is 14.4 Å². The van der Waals surface area contributed by atoms with E-state index in [1.165, 1.54) is 0 Å². The molecule has 3 amide bonds. The van der Waals surface area contributed by atoms with Crippen LogP contribution in [0.1, 0.15) is 6.42 Å². The molecule has 7 heteroatoms. The molecule has 0 radical (unpaired) electrons. The second-order valence-electron chi connectivity index (χ2n) is 5.14. The van der Waals surface area contributed by atoms with Crippen LogP contribution in [0.2, 0.25) is 5.02 Å². The molecule has 24 heavy (non-hydrogen) atoms. The van der Waals surface area contributed by atoms with Crippen molar-refractivity contribution in [3.8, 4) is 0 Å². The zero-order valence-corrected chi connectivity index (χ0v) is 14.0. The molecule has 1 saturated heterocycles. The smallest absolute Gasteiger partial charge is 0.293 e. The van der Waals surface area contributed by atoms with Crippen LogP contribution >= 0.6 is 23.4 Å². The van der Waals surface area contributed by atoms with Gasteiger partial charge in [-0.2, -0.15) is 0 Å². The molecular formula is C17H13ClN2O3S. The zero-order chi connectivity index (χ0) is 17.1. The van der Waals surface area contributed by atoms with E-state index in [2.05, 4.69) is 5.32 Å². The van der Waals surface area contributed by atoms with Gasteiger partial charge in [-0.3, -0.25) is 14.4 Å². The van der Waals surface area contributed by atoms with Crippen LogP contribution in [-0.4, -0.2) is 22.3 Å². The lowest BCUT2D eigenvalue weighted by Gasteiger charge is -2.13. The van der Waals surface area contributed by atoms with Crippen LogP contribution in [0.5, 0.6) is 0 Å². The fourth-order valence-corrected chi connectivity index (χ4v) is 3.42. The molecule has 3 rings (SSSR count). The van der Waals surface area contributed by atoms with Gasteiger partial charge in [0.05, 0.1) is 5.69 Å². The number of nitrogens with one attached hydrogen (secondary N) is 1. The van der Waals surface area contributed by atoms with Gasteiger partial charge in [-0.1, -0.05) is 29.8 Å². The van der Waals surface area contributed by atoms with Crippen LogP contribution in [-0.2, 0) is 9.59 Å². The van der Waals surface area contributed by atoms with Gasteiger partial charge in [0.2, 0.25) is 11.8 Å². The third kappa shape index (κ3) is 3.60. The van der Waals surface area contributed by atoms with E-state index in [4.69, 9.17) is 11.6 Å². The Labute approximate surface area is 148 Å². The zero-order valence-electron chi connectivity index (χ0n) is 12.4. The molecule has 2 aromatic rings. The number of benzene rings is 2. The number of para-hydroxylation sites is 1. The van der Waals surface area contributed by atoms with Crippen molar-refractivity contribution in [1.29, 1.82) is 0 Å². The Balaban J connectivity index is 1.65. The molecule has 1 fully saturated rings. The molecule has 0 aliphatic carbocycles. The molecule has 1 aliphatic rings. The molecule has 2 aromatic carbocycles. The van der Waals surface area contributed by atoms with Crippen LogP contribution in [0, 0.1) is 0 Å². The number of hydrogen-bond acceptors (Lipinski definition) is 4. The first-order chi connectivity index (χ1) is 11.5. The number of nitrogens with zero attached hydrogens (tertiary/aromatic N) is 1. The molecule has 1 heterocycles. The third-order valence-electron chi connectivity index (χ3n) is 3.43. The molecule has 0 saturated carbocycles. The van der Waals surface area contributed by atoms with E-state index < -0.39 is 5.25 Å². The Kier molecular flexibility index (Phi) is 4.87. The Morgan fingerprint density at radius 1 is 1.08 bits per heavy atom. The average Bonchev–Trinajstić information content (AvgIpc) is 2.84. The number of rotatable bonds is 4. The van der Waals surface area contributed by atoms with Crippen molar-refractivity contribution in [2.24, 2.45) is 0 Å². The lowest BCUT2D eigenvalue weighted by molar-refractivity contribution is -0.121. The second-order valence-corrected chi connectivity index (χ2v) is 6.73. The minimum Gasteiger partial charge on any atom is -0.326 e. The van der Waals surface area contributed by atoms with Gasteiger partial charge in [-0.15, -0.1) is 0 Å². The molecule has 0 spiro atoms. The second kappa shape index (κ2) is 7.07. The molecule has 0 aromatic heterocycles. The quantitative estimate of drug-likeness (QED) is 0.896. The summed E-state index contributed by atoms with van der Waals surface area (Å²) in [6, 6.07) is 15.3. The van der Waals surface area contributed by atoms with Crippen molar-refractivity contribution in [2.75, 3.05) is 10.2 Å². The van der Waals surface area contributed by atoms with E-state index in [0.29, 0.717) is 16.4 Å². The largest absolute Gasteiger partial charge is 0.326 e. The summed E-state index contributed by atoms with van der Waals surface area (Å²) in [7, 11) is 0. The number of hydrogen-bond donors (Lipinski definition) is 1. The highest BCUT2D eigenvalue weighted by atomic mass is 35.5. The number of amides is 3. The van der Waals surface area contributed by atoms with Crippen molar-refractivity contribution in [2.45, 2.75) is 11.7 Å². The number of imide groups is 1. The Bertz CT molecular complexity index is 780. The van der Waals surface area contributed by atoms with Gasteiger partial charge in [0, 0.05) is 17.1 Å². The van der Waals surface area contributed by atoms with E-state index in [1.807, 2.05) is 0 Å². The third-order valence-corrected chi connectivity index (χ3v) is 4.72. The lowest BCUT2D eigenvalue weighted by Crippen LogP contribution is -2.32. The number of anilines is 2. The van der Waals surface area contributed by atoms with E-state index in [-0.39, 0.29) is 23.5 Å². The highest BCUT2D eigenvalue weighted by Gasteiger charge is 2.41. The van der Waals surface area contributed by atoms with Gasteiger partial charge >= 0.3 is 0 Å². The minimum absolute atomic E-state index is 0.0683. The topological polar surface area (TPSA) is 66.5 Å². The SMILES string of the molecule is O=C(C[C@@H]1SC(=O)N(c2ccccc2)C1=O)Nc1ccc(Cl)cc1. The summed E-state index contributed by atoms with van der Waals surface area (Å²) in [6.07, 6.45) is -0.0683. The first kappa shape index (κ1) is 16.5. The summed E-state index contributed by atoms with van der Waals surface area (Å²) >= 11 is 6.66. The highest BCUT2D eigenvalue weighted by molar-refractivity contribution is 8.15. The van der Waals surface area contributed by atoms with Crippen LogP contribution in [0.3, 0.4) is 0 Å². The maximum absolute atomic E-state index is 12.4. The van der Waals surface area contributed by atoms with Gasteiger partial charge in [0.25, 0.3) is 5.24 Å². The van der Waals surface area contributed by atoms with Crippen molar-refractivity contribution in [3.63, 3.8) is 0 Å². The maximum Gasteiger partial charge on any atom is 0.293 e. The number of halogens is 1. The van der Waals surface area contributed by atoms with Crippen LogP contribution < -0.4 is 10.2 Å². The molecule has 1 atom stereocenters. The summed E-state index contributed by atoms with van der Waals surface area (Å²) in [5.74, 6) is -0.701. The summed E-state index contributed by atoms with van der Waals surface area (Å²) in [6.45, 7) is 0. The Morgan fingerprint density at radius 2 is 1.75 bits per heavy atom. The summed E-state index contributed by atoms with van der Waals surface area (Å²) < 4.78 is 0. The summed E-state index contributed by atoms with van der Waals surface area (Å²) in [4.78, 5) is 37.8. The van der Waals surface area contributed by atoms with Crippen LogP contribution in [0.25, 0.3) is 0 Å². The Morgan fingerprint density at radius 3 is 2.42 bits per heavy atom. The maximum atomic E-state index is 12.4. The highest BCUT2D eigenvalue weighted by Crippen LogP contribution is 2.33. The summed E-state index contributed by atoms with van der Waals surface area (Å²) in [5.41, 5.74) is 1.10. The standard InChI is InChI=1S/C17H13ClN2O3S/c18-11-6-8-12(9-7-11)19-15(21)10-14-16(22)20(17(23)24-14)13-4-2-1-3-5-13/h1-9,14H,10H2,(H,19,21)/t14-/m0/s1. The Hall–Kier alpha value is -2.31. The fourth-order valence-electron chi connectivity index (χ4n) is 2.31. The predicted octanol–water partition coefficient (Wildman–Crippen LogP) is 3.94. The molecule has 5 nitrogen and oxygen atoms in total. The van der Waals surface area contributed by atoms with Gasteiger partial charge in [-0.05, 0) is 48.2 Å². The first-order valence-electron chi connectivity index (χ1n) is 7.19. The molecular weight excluding hydrogens is 348 g/mol. The minimum atomic E-state index is -0.718. The van der Waals surface area contributed by atoms with Crippen molar-refractivity contribution in [3.05, 3.63) is 59.6 Å². The number of carbonyl (C=O) groups is 3. The van der Waals surface area contributed by atoms with Crippen molar-refractivity contribution < 1.29 is 14.4 Å². The van der Waals surface area contributed by atoms with Gasteiger partial charge in [-0.25, -0.2) is 4.90 Å². The van der Waals surface area contributed by atoms with E-state index in [0.717, 1.165) is 16.7 Å².